The SMILES string of the molecule is CC1CCC(=O)N1c1ccc(NC(=O)CC#N)cc1. The second-order valence-corrected chi connectivity index (χ2v) is 4.58. The summed E-state index contributed by atoms with van der Waals surface area (Å²) < 4.78 is 0. The molecule has 0 aliphatic carbocycles. The summed E-state index contributed by atoms with van der Waals surface area (Å²) in [6, 6.07) is 9.10. The number of carbonyl (C=O) groups excluding carboxylic acids is 2. The predicted molar refractivity (Wildman–Crippen MR) is 71.5 cm³/mol. The molecule has 5 nitrogen and oxygen atoms in total. The van der Waals surface area contributed by atoms with Gasteiger partial charge in [-0.1, -0.05) is 0 Å². The highest BCUT2D eigenvalue weighted by Crippen LogP contribution is 2.27. The zero-order valence-corrected chi connectivity index (χ0v) is 10.7. The average Bonchev–Trinajstić information content (AvgIpc) is 2.71. The van der Waals surface area contributed by atoms with Crippen LogP contribution in [0.15, 0.2) is 24.3 Å². The minimum Gasteiger partial charge on any atom is -0.325 e. The number of nitrogens with zero attached hydrogens (tertiary/aromatic N) is 2. The smallest absolute Gasteiger partial charge is 0.238 e. The molecule has 1 N–H and O–H groups in total. The fourth-order valence-corrected chi connectivity index (χ4v) is 2.21. The molecule has 98 valence electrons. The van der Waals surface area contributed by atoms with Crippen LogP contribution in [0.1, 0.15) is 26.2 Å². The third kappa shape index (κ3) is 2.91. The van der Waals surface area contributed by atoms with Crippen LogP contribution < -0.4 is 10.2 Å². The van der Waals surface area contributed by atoms with Crippen molar-refractivity contribution in [3.63, 3.8) is 0 Å². The standard InChI is InChI=1S/C14H15N3O2/c1-10-2-7-14(19)17(10)12-5-3-11(4-6-12)16-13(18)8-9-15/h3-6,10H,2,7-8H2,1H3,(H,16,18). The predicted octanol–water partition coefficient (Wildman–Crippen LogP) is 2.05. The Labute approximate surface area is 111 Å². The van der Waals surface area contributed by atoms with Crippen LogP contribution in [0, 0.1) is 11.3 Å². The van der Waals surface area contributed by atoms with E-state index in [4.69, 9.17) is 5.26 Å². The fraction of sp³-hybridized carbons (Fsp3) is 0.357. The van der Waals surface area contributed by atoms with Crippen molar-refractivity contribution < 1.29 is 9.59 Å². The molecule has 2 rings (SSSR count). The second kappa shape index (κ2) is 5.53. The maximum absolute atomic E-state index is 11.8. The van der Waals surface area contributed by atoms with Crippen molar-refractivity contribution in [1.82, 2.24) is 0 Å². The molecule has 1 aromatic carbocycles. The van der Waals surface area contributed by atoms with E-state index < -0.39 is 0 Å². The number of rotatable bonds is 3. The van der Waals surface area contributed by atoms with Gasteiger partial charge < -0.3 is 10.2 Å². The van der Waals surface area contributed by atoms with E-state index in [-0.39, 0.29) is 24.3 Å². The minimum absolute atomic E-state index is 0.133. The first-order valence-corrected chi connectivity index (χ1v) is 6.20. The van der Waals surface area contributed by atoms with Gasteiger partial charge >= 0.3 is 0 Å². The molecule has 1 aliphatic rings. The van der Waals surface area contributed by atoms with E-state index in [0.29, 0.717) is 12.1 Å². The molecule has 0 bridgehead atoms. The van der Waals surface area contributed by atoms with Gasteiger partial charge in [-0.3, -0.25) is 9.59 Å². The van der Waals surface area contributed by atoms with E-state index in [1.54, 1.807) is 23.1 Å². The zero-order chi connectivity index (χ0) is 13.8. The summed E-state index contributed by atoms with van der Waals surface area (Å²) in [4.78, 5) is 24.8. The lowest BCUT2D eigenvalue weighted by molar-refractivity contribution is -0.117. The van der Waals surface area contributed by atoms with E-state index in [0.717, 1.165) is 12.1 Å². The van der Waals surface area contributed by atoms with E-state index in [2.05, 4.69) is 5.32 Å². The molecule has 5 heteroatoms. The summed E-state index contributed by atoms with van der Waals surface area (Å²) in [5.74, 6) is -0.199. The van der Waals surface area contributed by atoms with Gasteiger partial charge in [-0.15, -0.1) is 0 Å². The quantitative estimate of drug-likeness (QED) is 0.900. The molecule has 1 aromatic rings. The lowest BCUT2D eigenvalue weighted by atomic mass is 10.2. The maximum atomic E-state index is 11.8. The van der Waals surface area contributed by atoms with Gasteiger partial charge in [-0.25, -0.2) is 0 Å². The lowest BCUT2D eigenvalue weighted by Gasteiger charge is -2.21. The lowest BCUT2D eigenvalue weighted by Crippen LogP contribution is -2.30. The maximum Gasteiger partial charge on any atom is 0.238 e. The number of carbonyl (C=O) groups is 2. The van der Waals surface area contributed by atoms with E-state index in [1.807, 2.05) is 19.1 Å². The van der Waals surface area contributed by atoms with Gasteiger partial charge in [0.1, 0.15) is 6.42 Å². The molecule has 19 heavy (non-hydrogen) atoms. The Hall–Kier alpha value is -2.35. The molecule has 1 unspecified atom stereocenters. The Morgan fingerprint density at radius 3 is 2.68 bits per heavy atom. The van der Waals surface area contributed by atoms with Crippen molar-refractivity contribution in [2.24, 2.45) is 0 Å². The highest BCUT2D eigenvalue weighted by Gasteiger charge is 2.28. The topological polar surface area (TPSA) is 73.2 Å². The van der Waals surface area contributed by atoms with Gasteiger partial charge in [0.05, 0.1) is 6.07 Å². The molecule has 1 aliphatic heterocycles. The summed E-state index contributed by atoms with van der Waals surface area (Å²) in [7, 11) is 0. The van der Waals surface area contributed by atoms with Crippen molar-refractivity contribution in [1.29, 1.82) is 5.26 Å². The fourth-order valence-electron chi connectivity index (χ4n) is 2.21. The molecule has 1 saturated heterocycles. The summed E-state index contributed by atoms with van der Waals surface area (Å²) in [5, 5.41) is 11.0. The van der Waals surface area contributed by atoms with Gasteiger partial charge in [0, 0.05) is 23.8 Å². The number of benzene rings is 1. The zero-order valence-electron chi connectivity index (χ0n) is 10.7. The van der Waals surface area contributed by atoms with Crippen LogP contribution in [0.3, 0.4) is 0 Å². The highest BCUT2D eigenvalue weighted by molar-refractivity contribution is 5.97. The molecule has 0 saturated carbocycles. The molecular formula is C14H15N3O2. The van der Waals surface area contributed by atoms with Gasteiger partial charge in [-0.2, -0.15) is 5.26 Å². The Bertz CT molecular complexity index is 531. The van der Waals surface area contributed by atoms with Crippen LogP contribution in [0.2, 0.25) is 0 Å². The van der Waals surface area contributed by atoms with Crippen molar-refractivity contribution in [3.8, 4) is 6.07 Å². The summed E-state index contributed by atoms with van der Waals surface area (Å²) >= 11 is 0. The molecule has 0 aromatic heterocycles. The minimum atomic E-state index is -0.333. The van der Waals surface area contributed by atoms with Crippen molar-refractivity contribution in [2.75, 3.05) is 10.2 Å². The van der Waals surface area contributed by atoms with E-state index in [9.17, 15) is 9.59 Å². The highest BCUT2D eigenvalue weighted by atomic mass is 16.2. The summed E-state index contributed by atoms with van der Waals surface area (Å²) in [6.45, 7) is 2.02. The number of amides is 2. The Morgan fingerprint density at radius 2 is 2.16 bits per heavy atom. The van der Waals surface area contributed by atoms with Crippen molar-refractivity contribution in [3.05, 3.63) is 24.3 Å². The van der Waals surface area contributed by atoms with Crippen LogP contribution in [-0.2, 0) is 9.59 Å². The van der Waals surface area contributed by atoms with Gasteiger partial charge in [-0.05, 0) is 37.6 Å². The monoisotopic (exact) mass is 257 g/mol. The molecule has 0 spiro atoms. The normalized spacial score (nSPS) is 18.2. The summed E-state index contributed by atoms with van der Waals surface area (Å²) in [6.07, 6.45) is 1.30. The molecule has 1 fully saturated rings. The van der Waals surface area contributed by atoms with Gasteiger partial charge in [0.15, 0.2) is 0 Å². The molecule has 1 atom stereocenters. The third-order valence-electron chi connectivity index (χ3n) is 3.15. The van der Waals surface area contributed by atoms with E-state index in [1.165, 1.54) is 0 Å². The molecule has 1 heterocycles. The van der Waals surface area contributed by atoms with Crippen molar-refractivity contribution >= 4 is 23.2 Å². The largest absolute Gasteiger partial charge is 0.325 e. The van der Waals surface area contributed by atoms with Crippen LogP contribution in [0.5, 0.6) is 0 Å². The van der Waals surface area contributed by atoms with Crippen LogP contribution in [-0.4, -0.2) is 17.9 Å². The van der Waals surface area contributed by atoms with Gasteiger partial charge in [0.25, 0.3) is 0 Å². The summed E-state index contributed by atoms with van der Waals surface area (Å²) in [5.41, 5.74) is 1.47. The van der Waals surface area contributed by atoms with Crippen LogP contribution >= 0.6 is 0 Å². The van der Waals surface area contributed by atoms with Gasteiger partial charge in [0.2, 0.25) is 11.8 Å². The Morgan fingerprint density at radius 1 is 1.47 bits per heavy atom. The molecule has 2 amide bonds. The average molecular weight is 257 g/mol. The van der Waals surface area contributed by atoms with Crippen molar-refractivity contribution in [2.45, 2.75) is 32.2 Å². The number of nitriles is 1. The Kier molecular flexibility index (Phi) is 3.81. The number of hydrogen-bond donors (Lipinski definition) is 1. The number of anilines is 2. The third-order valence-corrected chi connectivity index (χ3v) is 3.15. The first-order valence-electron chi connectivity index (χ1n) is 6.20. The number of nitrogens with one attached hydrogen (secondary N) is 1. The first-order chi connectivity index (χ1) is 9.11. The first kappa shape index (κ1) is 13.1. The number of hydrogen-bond acceptors (Lipinski definition) is 3. The van der Waals surface area contributed by atoms with Crippen LogP contribution in [0.4, 0.5) is 11.4 Å². The van der Waals surface area contributed by atoms with Crippen LogP contribution in [0.25, 0.3) is 0 Å². The molecule has 0 radical (unpaired) electrons. The molecular weight excluding hydrogens is 242 g/mol. The Balaban J connectivity index is 2.08. The second-order valence-electron chi connectivity index (χ2n) is 4.58. The van der Waals surface area contributed by atoms with E-state index >= 15 is 0 Å².